The Morgan fingerprint density at radius 3 is 2.77 bits per heavy atom. The number of benzene rings is 1. The standard InChI is InChI=1S/C15H17ClN4O2/c1-19(2)14(21)6-8-17-15(22)13-7-9-20(18-13)12-5-3-4-11(16)10-12/h3-5,7,9-10H,6,8H2,1-2H3,(H,17,22). The molecule has 6 nitrogen and oxygen atoms in total. The number of rotatable bonds is 5. The van der Waals surface area contributed by atoms with Gasteiger partial charge in [-0.3, -0.25) is 9.59 Å². The highest BCUT2D eigenvalue weighted by Crippen LogP contribution is 2.14. The van der Waals surface area contributed by atoms with Gasteiger partial charge in [-0.15, -0.1) is 0 Å². The molecule has 1 N–H and O–H groups in total. The van der Waals surface area contributed by atoms with E-state index in [1.54, 1.807) is 43.2 Å². The highest BCUT2D eigenvalue weighted by Gasteiger charge is 2.11. The molecule has 0 saturated heterocycles. The Hall–Kier alpha value is -2.34. The van der Waals surface area contributed by atoms with Crippen molar-refractivity contribution in [3.05, 3.63) is 47.2 Å². The van der Waals surface area contributed by atoms with Crippen LogP contribution >= 0.6 is 11.6 Å². The smallest absolute Gasteiger partial charge is 0.271 e. The van der Waals surface area contributed by atoms with E-state index in [2.05, 4.69) is 10.4 Å². The molecule has 2 amide bonds. The van der Waals surface area contributed by atoms with E-state index >= 15 is 0 Å². The number of aromatic nitrogens is 2. The first-order valence-electron chi connectivity index (χ1n) is 6.77. The first-order chi connectivity index (χ1) is 10.5. The summed E-state index contributed by atoms with van der Waals surface area (Å²) in [5, 5.41) is 7.48. The summed E-state index contributed by atoms with van der Waals surface area (Å²) in [6, 6.07) is 8.79. The van der Waals surface area contributed by atoms with Crippen LogP contribution in [0.25, 0.3) is 5.69 Å². The SMILES string of the molecule is CN(C)C(=O)CCNC(=O)c1ccn(-c2cccc(Cl)c2)n1. The number of amides is 2. The largest absolute Gasteiger partial charge is 0.350 e. The molecule has 2 aromatic rings. The number of nitrogens with zero attached hydrogens (tertiary/aromatic N) is 3. The van der Waals surface area contributed by atoms with E-state index in [1.165, 1.54) is 4.90 Å². The molecule has 1 aromatic heterocycles. The van der Waals surface area contributed by atoms with E-state index in [4.69, 9.17) is 11.6 Å². The zero-order valence-corrected chi connectivity index (χ0v) is 13.2. The summed E-state index contributed by atoms with van der Waals surface area (Å²) >= 11 is 5.93. The lowest BCUT2D eigenvalue weighted by atomic mass is 10.3. The van der Waals surface area contributed by atoms with Gasteiger partial charge in [0.1, 0.15) is 0 Å². The fourth-order valence-electron chi connectivity index (χ4n) is 1.80. The summed E-state index contributed by atoms with van der Waals surface area (Å²) in [6.07, 6.45) is 1.94. The van der Waals surface area contributed by atoms with Crippen molar-refractivity contribution in [2.75, 3.05) is 20.6 Å². The Morgan fingerprint density at radius 2 is 2.09 bits per heavy atom. The second-order valence-corrected chi connectivity index (χ2v) is 5.36. The Balaban J connectivity index is 1.96. The molecule has 0 radical (unpaired) electrons. The molecule has 22 heavy (non-hydrogen) atoms. The lowest BCUT2D eigenvalue weighted by Crippen LogP contribution is -2.30. The van der Waals surface area contributed by atoms with Crippen LogP contribution in [0.3, 0.4) is 0 Å². The van der Waals surface area contributed by atoms with Gasteiger partial charge in [-0.05, 0) is 24.3 Å². The van der Waals surface area contributed by atoms with Gasteiger partial charge in [-0.1, -0.05) is 17.7 Å². The molecule has 116 valence electrons. The molecule has 0 spiro atoms. The lowest BCUT2D eigenvalue weighted by molar-refractivity contribution is -0.128. The van der Waals surface area contributed by atoms with Gasteiger partial charge in [0, 0.05) is 38.3 Å². The molecule has 1 heterocycles. The molecule has 0 aliphatic rings. The van der Waals surface area contributed by atoms with Gasteiger partial charge < -0.3 is 10.2 Å². The third-order valence-corrected chi connectivity index (χ3v) is 3.25. The summed E-state index contributed by atoms with van der Waals surface area (Å²) in [5.41, 5.74) is 1.06. The maximum Gasteiger partial charge on any atom is 0.271 e. The third-order valence-electron chi connectivity index (χ3n) is 3.02. The van der Waals surface area contributed by atoms with E-state index in [9.17, 15) is 9.59 Å². The molecule has 2 rings (SSSR count). The van der Waals surface area contributed by atoms with Gasteiger partial charge in [0.15, 0.2) is 5.69 Å². The molecule has 0 atom stereocenters. The summed E-state index contributed by atoms with van der Waals surface area (Å²) in [7, 11) is 3.35. The summed E-state index contributed by atoms with van der Waals surface area (Å²) in [6.45, 7) is 0.278. The van der Waals surface area contributed by atoms with Crippen molar-refractivity contribution in [3.8, 4) is 5.69 Å². The van der Waals surface area contributed by atoms with Gasteiger partial charge in [-0.2, -0.15) is 5.10 Å². The molecular formula is C15H17ClN4O2. The van der Waals surface area contributed by atoms with Crippen LogP contribution in [0.4, 0.5) is 0 Å². The van der Waals surface area contributed by atoms with Gasteiger partial charge in [-0.25, -0.2) is 4.68 Å². The minimum atomic E-state index is -0.313. The van der Waals surface area contributed by atoms with Crippen LogP contribution < -0.4 is 5.32 Å². The Morgan fingerprint density at radius 1 is 1.32 bits per heavy atom. The molecule has 0 unspecified atom stereocenters. The number of hydrogen-bond acceptors (Lipinski definition) is 3. The van der Waals surface area contributed by atoms with Crippen molar-refractivity contribution < 1.29 is 9.59 Å². The van der Waals surface area contributed by atoms with Crippen LogP contribution in [-0.2, 0) is 4.79 Å². The van der Waals surface area contributed by atoms with Crippen LogP contribution in [0, 0.1) is 0 Å². The topological polar surface area (TPSA) is 67.2 Å². The zero-order chi connectivity index (χ0) is 16.1. The monoisotopic (exact) mass is 320 g/mol. The maximum atomic E-state index is 12.0. The van der Waals surface area contributed by atoms with E-state index in [1.807, 2.05) is 12.1 Å². The number of hydrogen-bond donors (Lipinski definition) is 1. The first kappa shape index (κ1) is 16.0. The first-order valence-corrected chi connectivity index (χ1v) is 7.15. The Kier molecular flexibility index (Phi) is 5.16. The van der Waals surface area contributed by atoms with Crippen molar-refractivity contribution in [2.24, 2.45) is 0 Å². The van der Waals surface area contributed by atoms with Crippen LogP contribution in [-0.4, -0.2) is 47.1 Å². The molecule has 0 fully saturated rings. The van der Waals surface area contributed by atoms with Gasteiger partial charge in [0.2, 0.25) is 5.91 Å². The normalized spacial score (nSPS) is 10.3. The average Bonchev–Trinajstić information content (AvgIpc) is 2.96. The van der Waals surface area contributed by atoms with E-state index in [0.29, 0.717) is 5.02 Å². The molecule has 7 heteroatoms. The summed E-state index contributed by atoms with van der Waals surface area (Å²) in [5.74, 6) is -0.350. The predicted molar refractivity (Wildman–Crippen MR) is 84.2 cm³/mol. The van der Waals surface area contributed by atoms with Crippen molar-refractivity contribution in [3.63, 3.8) is 0 Å². The van der Waals surface area contributed by atoms with Crippen LogP contribution in [0.1, 0.15) is 16.9 Å². The summed E-state index contributed by atoms with van der Waals surface area (Å²) in [4.78, 5) is 24.9. The number of carbonyl (C=O) groups excluding carboxylic acids is 2. The molecule has 1 aromatic carbocycles. The fourth-order valence-corrected chi connectivity index (χ4v) is 1.99. The quantitative estimate of drug-likeness (QED) is 0.912. The van der Waals surface area contributed by atoms with Crippen molar-refractivity contribution >= 4 is 23.4 Å². The molecule has 0 saturated carbocycles. The van der Waals surface area contributed by atoms with Crippen molar-refractivity contribution in [2.45, 2.75) is 6.42 Å². The highest BCUT2D eigenvalue weighted by atomic mass is 35.5. The number of nitrogens with one attached hydrogen (secondary N) is 1. The van der Waals surface area contributed by atoms with Gasteiger partial charge in [0.05, 0.1) is 5.69 Å². The van der Waals surface area contributed by atoms with Crippen molar-refractivity contribution in [1.29, 1.82) is 0 Å². The van der Waals surface area contributed by atoms with E-state index in [-0.39, 0.29) is 30.5 Å². The molecule has 0 aliphatic heterocycles. The average molecular weight is 321 g/mol. The van der Waals surface area contributed by atoms with Gasteiger partial charge >= 0.3 is 0 Å². The Labute approximate surface area is 133 Å². The Bertz CT molecular complexity index is 682. The van der Waals surface area contributed by atoms with Crippen LogP contribution in [0.2, 0.25) is 5.02 Å². The number of halogens is 1. The minimum absolute atomic E-state index is 0.0373. The zero-order valence-electron chi connectivity index (χ0n) is 12.4. The second kappa shape index (κ2) is 7.09. The molecule has 0 aliphatic carbocycles. The minimum Gasteiger partial charge on any atom is -0.350 e. The van der Waals surface area contributed by atoms with Crippen LogP contribution in [0.15, 0.2) is 36.5 Å². The fraction of sp³-hybridized carbons (Fsp3) is 0.267. The second-order valence-electron chi connectivity index (χ2n) is 4.92. The number of carbonyl (C=O) groups is 2. The third kappa shape index (κ3) is 4.08. The maximum absolute atomic E-state index is 12.0. The highest BCUT2D eigenvalue weighted by molar-refractivity contribution is 6.30. The van der Waals surface area contributed by atoms with Crippen LogP contribution in [0.5, 0.6) is 0 Å². The van der Waals surface area contributed by atoms with Gasteiger partial charge in [0.25, 0.3) is 5.91 Å². The molecule has 0 bridgehead atoms. The molecular weight excluding hydrogens is 304 g/mol. The van der Waals surface area contributed by atoms with Crippen molar-refractivity contribution in [1.82, 2.24) is 20.0 Å². The van der Waals surface area contributed by atoms with E-state index < -0.39 is 0 Å². The predicted octanol–water partition coefficient (Wildman–Crippen LogP) is 1.73. The van der Waals surface area contributed by atoms with E-state index in [0.717, 1.165) is 5.69 Å². The lowest BCUT2D eigenvalue weighted by Gasteiger charge is -2.09. The summed E-state index contributed by atoms with van der Waals surface area (Å²) < 4.78 is 1.58.